The molecule has 1 aliphatic heterocycles. The van der Waals surface area contributed by atoms with Crippen molar-refractivity contribution in [3.05, 3.63) is 22.1 Å². The van der Waals surface area contributed by atoms with Crippen molar-refractivity contribution in [3.8, 4) is 0 Å². The van der Waals surface area contributed by atoms with E-state index in [1.54, 1.807) is 6.20 Å². The zero-order valence-electron chi connectivity index (χ0n) is 7.71. The lowest BCUT2D eigenvalue weighted by Crippen LogP contribution is -2.23. The first-order valence-corrected chi connectivity index (χ1v) is 4.58. The second kappa shape index (κ2) is 3.20. The lowest BCUT2D eigenvalue weighted by Gasteiger charge is -2.18. The summed E-state index contributed by atoms with van der Waals surface area (Å²) >= 11 is 0. The van der Waals surface area contributed by atoms with Gasteiger partial charge in [0, 0.05) is 18.7 Å². The number of nitrogens with zero attached hydrogens (tertiary/aromatic N) is 2. The van der Waals surface area contributed by atoms with Gasteiger partial charge in [0.15, 0.2) is 0 Å². The van der Waals surface area contributed by atoms with Crippen molar-refractivity contribution in [1.82, 2.24) is 10.2 Å². The highest BCUT2D eigenvalue weighted by molar-refractivity contribution is 5.50. The summed E-state index contributed by atoms with van der Waals surface area (Å²) in [6.07, 6.45) is 4.17. The molecule has 4 nitrogen and oxygen atoms in total. The molecule has 0 bridgehead atoms. The summed E-state index contributed by atoms with van der Waals surface area (Å²) in [6, 6.07) is 0. The summed E-state index contributed by atoms with van der Waals surface area (Å²) in [5.41, 5.74) is 1.68. The standard InChI is InChI=1S/C9H13N3O/c1-7-8(6-10-11-9(7)13)12-4-2-3-5-12/h6H,2-5H2,1H3,(H,11,13). The van der Waals surface area contributed by atoms with Crippen LogP contribution in [0.2, 0.25) is 0 Å². The van der Waals surface area contributed by atoms with Crippen molar-refractivity contribution in [1.29, 1.82) is 0 Å². The van der Waals surface area contributed by atoms with Crippen LogP contribution in [-0.2, 0) is 0 Å². The van der Waals surface area contributed by atoms with Crippen LogP contribution >= 0.6 is 0 Å². The third kappa shape index (κ3) is 1.43. The summed E-state index contributed by atoms with van der Waals surface area (Å²) in [5.74, 6) is 0. The summed E-state index contributed by atoms with van der Waals surface area (Å²) in [5, 5.41) is 6.24. The Bertz CT molecular complexity index is 352. The summed E-state index contributed by atoms with van der Waals surface area (Å²) in [6.45, 7) is 3.94. The molecule has 2 rings (SSSR count). The first kappa shape index (κ1) is 8.29. The van der Waals surface area contributed by atoms with Crippen molar-refractivity contribution < 1.29 is 0 Å². The van der Waals surface area contributed by atoms with Crippen molar-refractivity contribution in [3.63, 3.8) is 0 Å². The fraction of sp³-hybridized carbons (Fsp3) is 0.556. The van der Waals surface area contributed by atoms with Gasteiger partial charge in [-0.15, -0.1) is 0 Å². The van der Waals surface area contributed by atoms with E-state index in [0.717, 1.165) is 24.3 Å². The van der Waals surface area contributed by atoms with Gasteiger partial charge in [-0.25, -0.2) is 5.10 Å². The number of aromatic nitrogens is 2. The molecule has 1 aliphatic rings. The Morgan fingerprint density at radius 2 is 2.15 bits per heavy atom. The van der Waals surface area contributed by atoms with Gasteiger partial charge in [-0.1, -0.05) is 0 Å². The minimum Gasteiger partial charge on any atom is -0.370 e. The number of hydrogen-bond acceptors (Lipinski definition) is 3. The Labute approximate surface area is 76.6 Å². The van der Waals surface area contributed by atoms with Crippen LogP contribution in [0.5, 0.6) is 0 Å². The molecule has 1 aromatic heterocycles. The Kier molecular flexibility index (Phi) is 2.04. The average Bonchev–Trinajstić information content (AvgIpc) is 2.62. The van der Waals surface area contributed by atoms with Crippen molar-refractivity contribution >= 4 is 5.69 Å². The molecule has 1 aromatic rings. The van der Waals surface area contributed by atoms with Crippen LogP contribution in [0.15, 0.2) is 11.0 Å². The largest absolute Gasteiger partial charge is 0.370 e. The Hall–Kier alpha value is -1.32. The molecule has 1 fully saturated rings. The first-order chi connectivity index (χ1) is 6.29. The molecule has 0 saturated carbocycles. The average molecular weight is 179 g/mol. The van der Waals surface area contributed by atoms with Gasteiger partial charge in [-0.2, -0.15) is 5.10 Å². The molecular weight excluding hydrogens is 166 g/mol. The van der Waals surface area contributed by atoms with Crippen molar-refractivity contribution in [2.45, 2.75) is 19.8 Å². The molecule has 13 heavy (non-hydrogen) atoms. The maximum Gasteiger partial charge on any atom is 0.269 e. The maximum absolute atomic E-state index is 11.3. The number of aromatic amines is 1. The molecule has 0 aromatic carbocycles. The smallest absolute Gasteiger partial charge is 0.269 e. The van der Waals surface area contributed by atoms with E-state index in [1.807, 2.05) is 6.92 Å². The third-order valence-electron chi connectivity index (χ3n) is 2.52. The number of H-pyrrole nitrogens is 1. The normalized spacial score (nSPS) is 16.5. The van der Waals surface area contributed by atoms with Gasteiger partial charge in [-0.05, 0) is 19.8 Å². The summed E-state index contributed by atoms with van der Waals surface area (Å²) in [4.78, 5) is 13.5. The highest BCUT2D eigenvalue weighted by atomic mass is 16.1. The number of rotatable bonds is 1. The molecule has 0 aliphatic carbocycles. The molecule has 1 N–H and O–H groups in total. The third-order valence-corrected chi connectivity index (χ3v) is 2.52. The predicted molar refractivity (Wildman–Crippen MR) is 51.0 cm³/mol. The topological polar surface area (TPSA) is 49.0 Å². The minimum atomic E-state index is -0.0793. The fourth-order valence-corrected chi connectivity index (χ4v) is 1.73. The molecular formula is C9H13N3O. The van der Waals surface area contributed by atoms with E-state index >= 15 is 0 Å². The van der Waals surface area contributed by atoms with E-state index < -0.39 is 0 Å². The Morgan fingerprint density at radius 3 is 2.85 bits per heavy atom. The number of hydrogen-bond donors (Lipinski definition) is 1. The quantitative estimate of drug-likeness (QED) is 0.689. The molecule has 0 unspecified atom stereocenters. The van der Waals surface area contributed by atoms with Crippen molar-refractivity contribution in [2.75, 3.05) is 18.0 Å². The molecule has 0 radical (unpaired) electrons. The molecule has 1 saturated heterocycles. The maximum atomic E-state index is 11.3. The zero-order valence-corrected chi connectivity index (χ0v) is 7.71. The van der Waals surface area contributed by atoms with Gasteiger partial charge in [0.05, 0.1) is 11.9 Å². The first-order valence-electron chi connectivity index (χ1n) is 4.58. The Morgan fingerprint density at radius 1 is 1.46 bits per heavy atom. The van der Waals surface area contributed by atoms with Crippen LogP contribution < -0.4 is 10.5 Å². The van der Waals surface area contributed by atoms with E-state index in [-0.39, 0.29) is 5.56 Å². The molecule has 2 heterocycles. The van der Waals surface area contributed by atoms with Crippen LogP contribution in [0.1, 0.15) is 18.4 Å². The van der Waals surface area contributed by atoms with Gasteiger partial charge in [0.25, 0.3) is 5.56 Å². The van der Waals surface area contributed by atoms with Crippen molar-refractivity contribution in [2.24, 2.45) is 0 Å². The van der Waals surface area contributed by atoms with Gasteiger partial charge in [0.2, 0.25) is 0 Å². The number of anilines is 1. The zero-order chi connectivity index (χ0) is 9.26. The van der Waals surface area contributed by atoms with Gasteiger partial charge in [0.1, 0.15) is 0 Å². The molecule has 0 spiro atoms. The lowest BCUT2D eigenvalue weighted by molar-refractivity contribution is 0.905. The second-order valence-electron chi connectivity index (χ2n) is 3.40. The van der Waals surface area contributed by atoms with E-state index in [9.17, 15) is 4.79 Å². The van der Waals surface area contributed by atoms with Crippen LogP contribution in [0.4, 0.5) is 5.69 Å². The summed E-state index contributed by atoms with van der Waals surface area (Å²) in [7, 11) is 0. The van der Waals surface area contributed by atoms with Crippen LogP contribution in [-0.4, -0.2) is 23.3 Å². The highest BCUT2D eigenvalue weighted by Crippen LogP contribution is 2.19. The minimum absolute atomic E-state index is 0.0793. The van der Waals surface area contributed by atoms with Gasteiger partial charge < -0.3 is 4.90 Å². The monoisotopic (exact) mass is 179 g/mol. The van der Waals surface area contributed by atoms with E-state index in [4.69, 9.17) is 0 Å². The van der Waals surface area contributed by atoms with Crippen LogP contribution in [0, 0.1) is 6.92 Å². The fourth-order valence-electron chi connectivity index (χ4n) is 1.73. The Balaban J connectivity index is 2.39. The molecule has 0 atom stereocenters. The molecule has 4 heteroatoms. The van der Waals surface area contributed by atoms with Crippen LogP contribution in [0.25, 0.3) is 0 Å². The van der Waals surface area contributed by atoms with E-state index in [0.29, 0.717) is 0 Å². The second-order valence-corrected chi connectivity index (χ2v) is 3.40. The lowest BCUT2D eigenvalue weighted by atomic mass is 10.2. The number of nitrogens with one attached hydrogen (secondary N) is 1. The van der Waals surface area contributed by atoms with Crippen LogP contribution in [0.3, 0.4) is 0 Å². The van der Waals surface area contributed by atoms with E-state index in [2.05, 4.69) is 15.1 Å². The SMILES string of the molecule is Cc1c(N2CCCC2)cn[nH]c1=O. The van der Waals surface area contributed by atoms with Gasteiger partial charge in [-0.3, -0.25) is 4.79 Å². The molecule has 70 valence electrons. The molecule has 0 amide bonds. The predicted octanol–water partition coefficient (Wildman–Crippen LogP) is 0.679. The van der Waals surface area contributed by atoms with E-state index in [1.165, 1.54) is 12.8 Å². The van der Waals surface area contributed by atoms with Gasteiger partial charge >= 0.3 is 0 Å². The highest BCUT2D eigenvalue weighted by Gasteiger charge is 2.15. The summed E-state index contributed by atoms with van der Waals surface area (Å²) < 4.78 is 0.